The topological polar surface area (TPSA) is 114 Å². The molecule has 0 saturated carbocycles. The van der Waals surface area contributed by atoms with E-state index in [4.69, 9.17) is 19.3 Å². The Morgan fingerprint density at radius 3 is 2.33 bits per heavy atom. The summed E-state index contributed by atoms with van der Waals surface area (Å²) < 4.78 is 19.7. The predicted octanol–water partition coefficient (Wildman–Crippen LogP) is 4.58. The van der Waals surface area contributed by atoms with Crippen molar-refractivity contribution < 1.29 is 23.8 Å². The lowest BCUT2D eigenvalue weighted by molar-refractivity contribution is -0.139. The minimum Gasteiger partial charge on any atom is -0.497 e. The van der Waals surface area contributed by atoms with Crippen LogP contribution in [0.4, 0.5) is 0 Å². The number of thiazole rings is 1. The summed E-state index contributed by atoms with van der Waals surface area (Å²) in [5.74, 6) is 0.0598. The molecule has 6 rings (SSSR count). The number of para-hydroxylation sites is 1. The number of hydrogen-bond acceptors (Lipinski definition) is 9. The molecule has 1 aliphatic heterocycles. The highest BCUT2D eigenvalue weighted by molar-refractivity contribution is 7.07. The van der Waals surface area contributed by atoms with Crippen molar-refractivity contribution in [1.82, 2.24) is 14.3 Å². The number of carbonyl (C=O) groups excluding carboxylic acids is 2. The lowest BCUT2D eigenvalue weighted by Gasteiger charge is -2.24. The van der Waals surface area contributed by atoms with Gasteiger partial charge in [-0.25, -0.2) is 14.5 Å². The number of nitrogens with zero attached hydrogens (tertiary/aromatic N) is 4. The van der Waals surface area contributed by atoms with E-state index in [0.717, 1.165) is 22.6 Å². The third kappa shape index (κ3) is 5.92. The van der Waals surface area contributed by atoms with Gasteiger partial charge in [-0.1, -0.05) is 41.7 Å². The van der Waals surface area contributed by atoms with Gasteiger partial charge in [0.05, 0.1) is 41.2 Å². The van der Waals surface area contributed by atoms with E-state index in [1.165, 1.54) is 22.8 Å². The molecule has 3 aromatic carbocycles. The normalized spacial score (nSPS) is 14.4. The number of ether oxygens (including phenoxy) is 3. The minimum absolute atomic E-state index is 0.164. The number of carbonyl (C=O) groups is 2. The molecular weight excluding hydrogens is 604 g/mol. The van der Waals surface area contributed by atoms with E-state index in [2.05, 4.69) is 4.99 Å². The van der Waals surface area contributed by atoms with E-state index in [1.54, 1.807) is 56.0 Å². The van der Waals surface area contributed by atoms with Gasteiger partial charge < -0.3 is 14.2 Å². The second kappa shape index (κ2) is 12.8. The molecule has 2 aromatic heterocycles. The number of methoxy groups -OCH3 is 1. The SMILES string of the molecule is CCOC(=O)C1=C(C)N=c2s/c(=C/c3cn(-c4ccccc4)nc3-c3ccc(OC)cc3)c(=O)n2[C@@H]1c1ccc(OC(C)=O)cc1. The van der Waals surface area contributed by atoms with Crippen molar-refractivity contribution in [2.45, 2.75) is 26.8 Å². The van der Waals surface area contributed by atoms with Crippen LogP contribution in [0.3, 0.4) is 0 Å². The Hall–Kier alpha value is -5.55. The van der Waals surface area contributed by atoms with E-state index in [9.17, 15) is 14.4 Å². The quantitative estimate of drug-likeness (QED) is 0.181. The zero-order chi connectivity index (χ0) is 32.4. The Bertz CT molecular complexity index is 2140. The first-order valence-electron chi connectivity index (χ1n) is 14.5. The summed E-state index contributed by atoms with van der Waals surface area (Å²) in [7, 11) is 1.61. The number of hydrogen-bond donors (Lipinski definition) is 0. The predicted molar refractivity (Wildman–Crippen MR) is 174 cm³/mol. The highest BCUT2D eigenvalue weighted by Gasteiger charge is 2.33. The van der Waals surface area contributed by atoms with Gasteiger partial charge in [0.1, 0.15) is 17.2 Å². The number of esters is 2. The Balaban J connectivity index is 1.53. The number of benzene rings is 3. The first-order chi connectivity index (χ1) is 22.3. The molecule has 0 bridgehead atoms. The van der Waals surface area contributed by atoms with E-state index < -0.39 is 18.0 Å². The third-order valence-electron chi connectivity index (χ3n) is 7.39. The highest BCUT2D eigenvalue weighted by Crippen LogP contribution is 2.32. The van der Waals surface area contributed by atoms with Gasteiger partial charge in [0.2, 0.25) is 0 Å². The molecule has 0 unspecified atom stereocenters. The molecule has 0 aliphatic carbocycles. The average Bonchev–Trinajstić information content (AvgIpc) is 3.61. The molecule has 0 spiro atoms. The Labute approximate surface area is 268 Å². The Kier molecular flexibility index (Phi) is 8.49. The molecule has 0 saturated heterocycles. The molecule has 5 aromatic rings. The van der Waals surface area contributed by atoms with Crippen molar-refractivity contribution in [1.29, 1.82) is 0 Å². The number of fused-ring (bicyclic) bond motifs is 1. The zero-order valence-electron chi connectivity index (χ0n) is 25.6. The molecule has 0 fully saturated rings. The van der Waals surface area contributed by atoms with Gasteiger partial charge in [-0.05, 0) is 74.0 Å². The Morgan fingerprint density at radius 1 is 0.978 bits per heavy atom. The summed E-state index contributed by atoms with van der Waals surface area (Å²) in [6.07, 6.45) is 3.69. The maximum Gasteiger partial charge on any atom is 0.338 e. The van der Waals surface area contributed by atoms with Gasteiger partial charge in [0, 0.05) is 24.2 Å². The standard InChI is InChI=1S/C35H30N4O6S/c1-5-44-34(42)30-21(2)36-35-39(32(30)24-13-17-28(18-14-24)45-22(3)40)33(41)29(46-35)19-25-20-38(26-9-7-6-8-10-26)37-31(25)23-11-15-27(43-4)16-12-23/h6-20,32H,5H2,1-4H3/b29-19+/t32-/m1/s1. The maximum absolute atomic E-state index is 14.2. The van der Waals surface area contributed by atoms with Crippen LogP contribution in [0.2, 0.25) is 0 Å². The Morgan fingerprint density at radius 2 is 1.67 bits per heavy atom. The van der Waals surface area contributed by atoms with E-state index >= 15 is 0 Å². The molecule has 3 heterocycles. The molecule has 46 heavy (non-hydrogen) atoms. The van der Waals surface area contributed by atoms with Crippen LogP contribution in [-0.2, 0) is 14.3 Å². The van der Waals surface area contributed by atoms with E-state index in [1.807, 2.05) is 60.8 Å². The fourth-order valence-electron chi connectivity index (χ4n) is 5.31. The summed E-state index contributed by atoms with van der Waals surface area (Å²) in [5.41, 5.74) is 4.15. The van der Waals surface area contributed by atoms with Gasteiger partial charge in [0.15, 0.2) is 4.80 Å². The van der Waals surface area contributed by atoms with Crippen molar-refractivity contribution in [3.63, 3.8) is 0 Å². The molecule has 0 radical (unpaired) electrons. The summed E-state index contributed by atoms with van der Waals surface area (Å²) in [4.78, 5) is 44.1. The van der Waals surface area contributed by atoms with Crippen LogP contribution < -0.4 is 24.4 Å². The average molecular weight is 635 g/mol. The van der Waals surface area contributed by atoms with Crippen molar-refractivity contribution >= 4 is 29.4 Å². The number of allylic oxidation sites excluding steroid dienone is 1. The van der Waals surface area contributed by atoms with Crippen molar-refractivity contribution in [2.24, 2.45) is 4.99 Å². The largest absolute Gasteiger partial charge is 0.497 e. The molecule has 1 atom stereocenters. The third-order valence-corrected chi connectivity index (χ3v) is 8.37. The van der Waals surface area contributed by atoms with Crippen LogP contribution >= 0.6 is 11.3 Å². The minimum atomic E-state index is -0.808. The van der Waals surface area contributed by atoms with Gasteiger partial charge >= 0.3 is 11.9 Å². The highest BCUT2D eigenvalue weighted by atomic mass is 32.1. The lowest BCUT2D eigenvalue weighted by atomic mass is 9.96. The maximum atomic E-state index is 14.2. The van der Waals surface area contributed by atoms with E-state index in [0.29, 0.717) is 32.0 Å². The van der Waals surface area contributed by atoms with Crippen molar-refractivity contribution in [3.8, 4) is 28.4 Å². The first-order valence-corrected chi connectivity index (χ1v) is 15.4. The van der Waals surface area contributed by atoms with Crippen molar-refractivity contribution in [3.05, 3.63) is 127 Å². The second-order valence-electron chi connectivity index (χ2n) is 10.4. The molecule has 11 heteroatoms. The van der Waals surface area contributed by atoms with Crippen LogP contribution in [-0.4, -0.2) is 40.0 Å². The molecule has 1 aliphatic rings. The molecule has 232 valence electrons. The van der Waals surface area contributed by atoms with Crippen LogP contribution in [0.25, 0.3) is 23.0 Å². The number of aromatic nitrogens is 3. The fraction of sp³-hybridized carbons (Fsp3) is 0.171. The summed E-state index contributed by atoms with van der Waals surface area (Å²) >= 11 is 1.23. The van der Waals surface area contributed by atoms with Gasteiger partial charge in [-0.2, -0.15) is 5.10 Å². The smallest absolute Gasteiger partial charge is 0.338 e. The van der Waals surface area contributed by atoms with Gasteiger partial charge in [-0.15, -0.1) is 0 Å². The summed E-state index contributed by atoms with van der Waals surface area (Å²) in [6, 6.07) is 23.2. The zero-order valence-corrected chi connectivity index (χ0v) is 26.4. The van der Waals surface area contributed by atoms with E-state index in [-0.39, 0.29) is 17.7 Å². The van der Waals surface area contributed by atoms with Crippen molar-refractivity contribution in [2.75, 3.05) is 13.7 Å². The van der Waals surface area contributed by atoms with Crippen LogP contribution in [0.15, 0.2) is 106 Å². The van der Waals surface area contributed by atoms with Gasteiger partial charge in [0.25, 0.3) is 5.56 Å². The molecule has 0 amide bonds. The summed E-state index contributed by atoms with van der Waals surface area (Å²) in [6.45, 7) is 4.94. The lowest BCUT2D eigenvalue weighted by Crippen LogP contribution is -2.39. The van der Waals surface area contributed by atoms with Crippen LogP contribution in [0.5, 0.6) is 11.5 Å². The summed E-state index contributed by atoms with van der Waals surface area (Å²) in [5, 5.41) is 4.88. The van der Waals surface area contributed by atoms with Crippen LogP contribution in [0.1, 0.15) is 37.9 Å². The monoisotopic (exact) mass is 634 g/mol. The van der Waals surface area contributed by atoms with Crippen LogP contribution in [0, 0.1) is 0 Å². The first kappa shape index (κ1) is 30.5. The van der Waals surface area contributed by atoms with Gasteiger partial charge in [-0.3, -0.25) is 14.2 Å². The molecule has 0 N–H and O–H groups in total. The second-order valence-corrected chi connectivity index (χ2v) is 11.4. The number of rotatable bonds is 8. The molecule has 10 nitrogen and oxygen atoms in total. The fourth-order valence-corrected chi connectivity index (χ4v) is 6.35. The molecular formula is C35H30N4O6S.